The summed E-state index contributed by atoms with van der Waals surface area (Å²) in [7, 11) is 1.62. The summed E-state index contributed by atoms with van der Waals surface area (Å²) in [6.45, 7) is 0. The van der Waals surface area contributed by atoms with E-state index in [1.54, 1.807) is 13.3 Å². The fourth-order valence-corrected chi connectivity index (χ4v) is 4.14. The van der Waals surface area contributed by atoms with E-state index in [1.807, 2.05) is 48.5 Å². The molecule has 2 N–H and O–H groups in total. The Labute approximate surface area is 170 Å². The summed E-state index contributed by atoms with van der Waals surface area (Å²) in [5.41, 5.74) is 2.07. The van der Waals surface area contributed by atoms with Gasteiger partial charge < -0.3 is 15.2 Å². The van der Waals surface area contributed by atoms with Crippen LogP contribution in [-0.2, 0) is 4.79 Å². The molecule has 1 amide bonds. The zero-order valence-electron chi connectivity index (χ0n) is 16.6. The summed E-state index contributed by atoms with van der Waals surface area (Å²) in [5.74, 6) is 0.930. The Morgan fingerprint density at radius 1 is 1.10 bits per heavy atom. The monoisotopic (exact) mass is 390 g/mol. The highest BCUT2D eigenvalue weighted by molar-refractivity contribution is 5.86. The minimum Gasteiger partial charge on any atom is -0.505 e. The number of hydrogen-bond donors (Lipinski definition) is 2. The van der Waals surface area contributed by atoms with Crippen LogP contribution < -0.4 is 10.1 Å². The number of methoxy groups -OCH3 is 1. The maximum Gasteiger partial charge on any atom is 0.223 e. The molecule has 150 valence electrons. The van der Waals surface area contributed by atoms with Gasteiger partial charge in [-0.1, -0.05) is 49.6 Å². The van der Waals surface area contributed by atoms with E-state index in [0.29, 0.717) is 11.1 Å². The standard InChI is InChI=1S/C24H26N2O3/c1-29-19-12-9-17(10-13-19)21(26-24(28)18-6-3-2-4-7-18)20-14-11-16-8-5-15-25-22(16)23(20)27/h5,8-15,18,21,27H,2-4,6-7H2,1H3,(H,26,28). The van der Waals surface area contributed by atoms with Crippen LogP contribution in [-0.4, -0.2) is 23.1 Å². The maximum atomic E-state index is 13.0. The number of hydrogen-bond acceptors (Lipinski definition) is 4. The molecule has 1 aliphatic carbocycles. The second-order valence-corrected chi connectivity index (χ2v) is 7.63. The highest BCUT2D eigenvalue weighted by Crippen LogP contribution is 2.35. The number of rotatable bonds is 5. The molecule has 1 fully saturated rings. The molecule has 1 atom stereocenters. The molecule has 5 nitrogen and oxygen atoms in total. The van der Waals surface area contributed by atoms with Gasteiger partial charge >= 0.3 is 0 Å². The number of pyridine rings is 1. The predicted octanol–water partition coefficient (Wildman–Crippen LogP) is 4.73. The lowest BCUT2D eigenvalue weighted by Crippen LogP contribution is -2.35. The minimum absolute atomic E-state index is 0.0326. The van der Waals surface area contributed by atoms with Crippen molar-refractivity contribution in [3.63, 3.8) is 0 Å². The number of phenols is 1. The van der Waals surface area contributed by atoms with Crippen LogP contribution in [0.25, 0.3) is 10.9 Å². The highest BCUT2D eigenvalue weighted by Gasteiger charge is 2.27. The molecule has 2 aromatic carbocycles. The van der Waals surface area contributed by atoms with E-state index in [2.05, 4.69) is 10.3 Å². The van der Waals surface area contributed by atoms with E-state index in [0.717, 1.165) is 42.4 Å². The van der Waals surface area contributed by atoms with Gasteiger partial charge in [0.2, 0.25) is 5.91 Å². The summed E-state index contributed by atoms with van der Waals surface area (Å²) >= 11 is 0. The molecule has 0 saturated heterocycles. The quantitative estimate of drug-likeness (QED) is 0.660. The molecule has 1 heterocycles. The van der Waals surface area contributed by atoms with Crippen molar-refractivity contribution in [3.05, 3.63) is 65.9 Å². The average molecular weight is 390 g/mol. The lowest BCUT2D eigenvalue weighted by molar-refractivity contribution is -0.126. The van der Waals surface area contributed by atoms with Gasteiger partial charge in [-0.2, -0.15) is 0 Å². The highest BCUT2D eigenvalue weighted by atomic mass is 16.5. The number of ether oxygens (including phenoxy) is 1. The van der Waals surface area contributed by atoms with Crippen LogP contribution in [0.4, 0.5) is 0 Å². The fraction of sp³-hybridized carbons (Fsp3) is 0.333. The number of nitrogens with one attached hydrogen (secondary N) is 1. The topological polar surface area (TPSA) is 71.5 Å². The van der Waals surface area contributed by atoms with Crippen LogP contribution in [0.3, 0.4) is 0 Å². The van der Waals surface area contributed by atoms with E-state index in [9.17, 15) is 9.90 Å². The summed E-state index contributed by atoms with van der Waals surface area (Å²) < 4.78 is 5.27. The molecule has 5 heteroatoms. The van der Waals surface area contributed by atoms with Gasteiger partial charge in [0.25, 0.3) is 0 Å². The van der Waals surface area contributed by atoms with E-state index in [1.165, 1.54) is 6.42 Å². The lowest BCUT2D eigenvalue weighted by atomic mass is 9.87. The molecule has 0 spiro atoms. The van der Waals surface area contributed by atoms with Gasteiger partial charge in [0, 0.05) is 23.1 Å². The summed E-state index contributed by atoms with van der Waals surface area (Å²) in [5, 5.41) is 15.0. The summed E-state index contributed by atoms with van der Waals surface area (Å²) in [6.07, 6.45) is 6.89. The molecule has 1 aromatic heterocycles. The minimum atomic E-state index is -0.457. The number of nitrogens with zero attached hydrogens (tertiary/aromatic N) is 1. The third-order valence-electron chi connectivity index (χ3n) is 5.80. The molecule has 29 heavy (non-hydrogen) atoms. The number of amides is 1. The van der Waals surface area contributed by atoms with Crippen molar-refractivity contribution < 1.29 is 14.6 Å². The molecule has 1 aliphatic rings. The van der Waals surface area contributed by atoms with Gasteiger partial charge in [0.1, 0.15) is 17.0 Å². The normalized spacial score (nSPS) is 15.8. The second-order valence-electron chi connectivity index (χ2n) is 7.63. The van der Waals surface area contributed by atoms with Crippen molar-refractivity contribution in [3.8, 4) is 11.5 Å². The first kappa shape index (κ1) is 19.2. The summed E-state index contributed by atoms with van der Waals surface area (Å²) in [6, 6.07) is 14.7. The van der Waals surface area contributed by atoms with E-state index < -0.39 is 6.04 Å². The molecule has 3 aromatic rings. The third kappa shape index (κ3) is 4.04. The van der Waals surface area contributed by atoms with Gasteiger partial charge in [-0.15, -0.1) is 0 Å². The van der Waals surface area contributed by atoms with Crippen LogP contribution in [0.15, 0.2) is 54.7 Å². The number of benzene rings is 2. The van der Waals surface area contributed by atoms with Crippen molar-refractivity contribution in [1.82, 2.24) is 10.3 Å². The van der Waals surface area contributed by atoms with Gasteiger partial charge in [-0.3, -0.25) is 9.78 Å². The van der Waals surface area contributed by atoms with Crippen LogP contribution in [0, 0.1) is 5.92 Å². The number of aromatic hydroxyl groups is 1. The number of carbonyl (C=O) groups excluding carboxylic acids is 1. The molecule has 4 rings (SSSR count). The Bertz CT molecular complexity index is 995. The SMILES string of the molecule is COc1ccc(C(NC(=O)C2CCCCC2)c2ccc3cccnc3c2O)cc1. The van der Waals surface area contributed by atoms with Crippen LogP contribution >= 0.6 is 0 Å². The van der Waals surface area contributed by atoms with E-state index >= 15 is 0 Å². The zero-order chi connectivity index (χ0) is 20.2. The number of aromatic nitrogens is 1. The molecular weight excluding hydrogens is 364 g/mol. The molecule has 0 radical (unpaired) electrons. The Hall–Kier alpha value is -3.08. The smallest absolute Gasteiger partial charge is 0.223 e. The first-order valence-electron chi connectivity index (χ1n) is 10.2. The van der Waals surface area contributed by atoms with Crippen molar-refractivity contribution in [2.24, 2.45) is 5.92 Å². The first-order chi connectivity index (χ1) is 14.2. The maximum absolute atomic E-state index is 13.0. The second kappa shape index (κ2) is 8.52. The van der Waals surface area contributed by atoms with Crippen molar-refractivity contribution >= 4 is 16.8 Å². The number of carbonyl (C=O) groups is 1. The van der Waals surface area contributed by atoms with Gasteiger partial charge in [-0.05, 0) is 36.6 Å². The van der Waals surface area contributed by atoms with Gasteiger partial charge in [-0.25, -0.2) is 0 Å². The number of fused-ring (bicyclic) bond motifs is 1. The average Bonchev–Trinajstić information content (AvgIpc) is 2.79. The molecule has 1 unspecified atom stereocenters. The van der Waals surface area contributed by atoms with Crippen LogP contribution in [0.5, 0.6) is 11.5 Å². The van der Waals surface area contributed by atoms with Crippen LogP contribution in [0.2, 0.25) is 0 Å². The fourth-order valence-electron chi connectivity index (χ4n) is 4.14. The molecular formula is C24H26N2O3. The Balaban J connectivity index is 1.73. The van der Waals surface area contributed by atoms with E-state index in [-0.39, 0.29) is 17.6 Å². The molecule has 0 aliphatic heterocycles. The van der Waals surface area contributed by atoms with Gasteiger partial charge in [0.05, 0.1) is 13.2 Å². The molecule has 1 saturated carbocycles. The van der Waals surface area contributed by atoms with Crippen molar-refractivity contribution in [1.29, 1.82) is 0 Å². The Morgan fingerprint density at radius 3 is 2.59 bits per heavy atom. The summed E-state index contributed by atoms with van der Waals surface area (Å²) in [4.78, 5) is 17.4. The Kier molecular flexibility index (Phi) is 5.65. The van der Waals surface area contributed by atoms with Crippen molar-refractivity contribution in [2.75, 3.05) is 7.11 Å². The Morgan fingerprint density at radius 2 is 1.86 bits per heavy atom. The predicted molar refractivity (Wildman–Crippen MR) is 113 cm³/mol. The zero-order valence-corrected chi connectivity index (χ0v) is 16.6. The first-order valence-corrected chi connectivity index (χ1v) is 10.2. The van der Waals surface area contributed by atoms with E-state index in [4.69, 9.17) is 4.74 Å². The van der Waals surface area contributed by atoms with Gasteiger partial charge in [0.15, 0.2) is 0 Å². The third-order valence-corrected chi connectivity index (χ3v) is 5.80. The number of phenolic OH excluding ortho intramolecular Hbond substituents is 1. The van der Waals surface area contributed by atoms with Crippen LogP contribution in [0.1, 0.15) is 49.3 Å². The van der Waals surface area contributed by atoms with Crippen molar-refractivity contribution in [2.45, 2.75) is 38.1 Å². The lowest BCUT2D eigenvalue weighted by Gasteiger charge is -2.26. The largest absolute Gasteiger partial charge is 0.505 e. The molecule has 0 bridgehead atoms.